The molecule has 0 aromatic carbocycles. The van der Waals surface area contributed by atoms with Crippen LogP contribution in [-0.2, 0) is 9.59 Å². The monoisotopic (exact) mass is 335 g/mol. The lowest BCUT2D eigenvalue weighted by Gasteiger charge is -2.39. The summed E-state index contributed by atoms with van der Waals surface area (Å²) in [5.74, 6) is 0.447. The molecular formula is C17H25N3O2S. The van der Waals surface area contributed by atoms with Crippen molar-refractivity contribution in [2.24, 2.45) is 5.92 Å². The zero-order valence-corrected chi connectivity index (χ0v) is 14.8. The van der Waals surface area contributed by atoms with Gasteiger partial charge in [0.2, 0.25) is 11.8 Å². The first-order valence-corrected chi connectivity index (χ1v) is 9.42. The molecule has 2 aliphatic heterocycles. The number of carbonyl (C=O) groups is 2. The summed E-state index contributed by atoms with van der Waals surface area (Å²) < 4.78 is 0. The van der Waals surface area contributed by atoms with Gasteiger partial charge in [-0.25, -0.2) is 4.98 Å². The molecule has 0 bridgehead atoms. The Balaban J connectivity index is 1.68. The smallest absolute Gasteiger partial charge is 0.226 e. The van der Waals surface area contributed by atoms with Crippen LogP contribution in [0.2, 0.25) is 0 Å². The van der Waals surface area contributed by atoms with Crippen molar-refractivity contribution in [1.29, 1.82) is 0 Å². The zero-order chi connectivity index (χ0) is 16.4. The molecule has 2 fully saturated rings. The molecule has 0 N–H and O–H groups in total. The van der Waals surface area contributed by atoms with Gasteiger partial charge in [0.15, 0.2) is 0 Å². The number of likely N-dealkylation sites (tertiary alicyclic amines) is 2. The van der Waals surface area contributed by atoms with Gasteiger partial charge in [0.25, 0.3) is 0 Å². The number of piperidine rings is 2. The Bertz CT molecular complexity index is 578. The summed E-state index contributed by atoms with van der Waals surface area (Å²) in [6, 6.07) is 0.154. The second-order valence-electron chi connectivity index (χ2n) is 6.65. The number of hydrogen-bond acceptors (Lipinski definition) is 4. The van der Waals surface area contributed by atoms with E-state index in [4.69, 9.17) is 0 Å². The van der Waals surface area contributed by atoms with Crippen LogP contribution in [0.1, 0.15) is 55.8 Å². The minimum Gasteiger partial charge on any atom is -0.343 e. The first kappa shape index (κ1) is 16.4. The highest BCUT2D eigenvalue weighted by atomic mass is 32.1. The number of thiazole rings is 1. The fourth-order valence-electron chi connectivity index (χ4n) is 3.65. The average molecular weight is 335 g/mol. The second kappa shape index (κ2) is 6.99. The summed E-state index contributed by atoms with van der Waals surface area (Å²) in [6.45, 7) is 5.87. The van der Waals surface area contributed by atoms with Crippen molar-refractivity contribution >= 4 is 23.2 Å². The van der Waals surface area contributed by atoms with E-state index in [9.17, 15) is 9.59 Å². The van der Waals surface area contributed by atoms with Crippen LogP contribution in [0.15, 0.2) is 5.38 Å². The zero-order valence-electron chi connectivity index (χ0n) is 14.0. The Morgan fingerprint density at radius 2 is 1.91 bits per heavy atom. The van der Waals surface area contributed by atoms with Crippen molar-refractivity contribution in [2.75, 3.05) is 19.6 Å². The summed E-state index contributed by atoms with van der Waals surface area (Å²) in [5, 5.41) is 3.15. The Hall–Kier alpha value is -1.43. The maximum atomic E-state index is 13.0. The third kappa shape index (κ3) is 3.57. The van der Waals surface area contributed by atoms with E-state index < -0.39 is 0 Å². The van der Waals surface area contributed by atoms with Crippen molar-refractivity contribution in [3.05, 3.63) is 16.1 Å². The average Bonchev–Trinajstić information content (AvgIpc) is 3.00. The van der Waals surface area contributed by atoms with Gasteiger partial charge in [-0.15, -0.1) is 11.3 Å². The van der Waals surface area contributed by atoms with E-state index in [0.29, 0.717) is 13.1 Å². The summed E-state index contributed by atoms with van der Waals surface area (Å²) in [4.78, 5) is 33.0. The standard InChI is InChI=1S/C17H25N3O2S/c1-12-11-23-16(18-12)15-5-3-4-8-20(15)17(22)14-6-9-19(10-7-14)13(2)21/h11,14-15H,3-10H2,1-2H3/t15-/m1/s1. The van der Waals surface area contributed by atoms with Crippen molar-refractivity contribution in [3.8, 4) is 0 Å². The molecule has 1 aromatic rings. The number of aryl methyl sites for hydroxylation is 1. The molecule has 0 spiro atoms. The van der Waals surface area contributed by atoms with Crippen molar-refractivity contribution in [1.82, 2.24) is 14.8 Å². The number of aromatic nitrogens is 1. The fraction of sp³-hybridized carbons (Fsp3) is 0.706. The van der Waals surface area contributed by atoms with Crippen molar-refractivity contribution < 1.29 is 9.59 Å². The normalized spacial score (nSPS) is 23.1. The van der Waals surface area contributed by atoms with E-state index in [2.05, 4.69) is 15.3 Å². The number of nitrogens with zero attached hydrogens (tertiary/aromatic N) is 3. The Morgan fingerprint density at radius 1 is 1.17 bits per heavy atom. The van der Waals surface area contributed by atoms with Gasteiger partial charge >= 0.3 is 0 Å². The van der Waals surface area contributed by atoms with E-state index >= 15 is 0 Å². The summed E-state index contributed by atoms with van der Waals surface area (Å²) >= 11 is 1.67. The molecule has 2 aliphatic rings. The molecular weight excluding hydrogens is 310 g/mol. The maximum Gasteiger partial charge on any atom is 0.226 e. The predicted octanol–water partition coefficient (Wildman–Crippen LogP) is 2.76. The van der Waals surface area contributed by atoms with Crippen LogP contribution in [0.5, 0.6) is 0 Å². The highest BCUT2D eigenvalue weighted by molar-refractivity contribution is 7.09. The molecule has 1 aromatic heterocycles. The molecule has 3 rings (SSSR count). The van der Waals surface area contributed by atoms with E-state index in [0.717, 1.165) is 49.4 Å². The minimum atomic E-state index is 0.0623. The summed E-state index contributed by atoms with van der Waals surface area (Å²) in [6.07, 6.45) is 4.84. The van der Waals surface area contributed by atoms with E-state index in [-0.39, 0.29) is 23.8 Å². The van der Waals surface area contributed by atoms with Crippen LogP contribution in [-0.4, -0.2) is 46.2 Å². The van der Waals surface area contributed by atoms with Gasteiger partial charge in [-0.05, 0) is 39.0 Å². The van der Waals surface area contributed by atoms with Crippen LogP contribution in [0.3, 0.4) is 0 Å². The topological polar surface area (TPSA) is 53.5 Å². The largest absolute Gasteiger partial charge is 0.343 e. The van der Waals surface area contributed by atoms with Crippen LogP contribution < -0.4 is 0 Å². The predicted molar refractivity (Wildman–Crippen MR) is 90.1 cm³/mol. The molecule has 2 saturated heterocycles. The van der Waals surface area contributed by atoms with E-state index in [1.807, 2.05) is 11.8 Å². The number of rotatable bonds is 2. The minimum absolute atomic E-state index is 0.0623. The van der Waals surface area contributed by atoms with Crippen LogP contribution >= 0.6 is 11.3 Å². The van der Waals surface area contributed by atoms with Gasteiger partial charge in [-0.3, -0.25) is 9.59 Å². The molecule has 0 radical (unpaired) electrons. The maximum absolute atomic E-state index is 13.0. The molecule has 6 heteroatoms. The second-order valence-corrected chi connectivity index (χ2v) is 7.54. The molecule has 126 valence electrons. The van der Waals surface area contributed by atoms with Gasteiger partial charge in [0, 0.05) is 43.5 Å². The molecule has 0 unspecified atom stereocenters. The van der Waals surface area contributed by atoms with Crippen molar-refractivity contribution in [3.63, 3.8) is 0 Å². The van der Waals surface area contributed by atoms with Gasteiger partial charge < -0.3 is 9.80 Å². The van der Waals surface area contributed by atoms with Crippen molar-refractivity contribution in [2.45, 2.75) is 52.0 Å². The molecule has 3 heterocycles. The van der Waals surface area contributed by atoms with E-state index in [1.54, 1.807) is 18.3 Å². The quantitative estimate of drug-likeness (QED) is 0.835. The number of carbonyl (C=O) groups excluding carboxylic acids is 2. The Kier molecular flexibility index (Phi) is 4.99. The van der Waals surface area contributed by atoms with Crippen LogP contribution in [0.4, 0.5) is 0 Å². The molecule has 1 atom stereocenters. The van der Waals surface area contributed by atoms with Gasteiger partial charge in [-0.1, -0.05) is 0 Å². The third-order valence-electron chi connectivity index (χ3n) is 5.00. The number of amides is 2. The molecule has 0 aliphatic carbocycles. The SMILES string of the molecule is CC(=O)N1CCC(C(=O)N2CCCC[C@@H]2c2nc(C)cs2)CC1. The van der Waals surface area contributed by atoms with Crippen LogP contribution in [0, 0.1) is 12.8 Å². The fourth-order valence-corrected chi connectivity index (χ4v) is 4.60. The first-order valence-electron chi connectivity index (χ1n) is 8.54. The Morgan fingerprint density at radius 3 is 2.52 bits per heavy atom. The first-order chi connectivity index (χ1) is 11.1. The van der Waals surface area contributed by atoms with Gasteiger partial charge in [0.1, 0.15) is 5.01 Å². The highest BCUT2D eigenvalue weighted by Crippen LogP contribution is 2.35. The van der Waals surface area contributed by atoms with Gasteiger partial charge in [0.05, 0.1) is 6.04 Å². The lowest BCUT2D eigenvalue weighted by molar-refractivity contribution is -0.143. The highest BCUT2D eigenvalue weighted by Gasteiger charge is 2.35. The third-order valence-corrected chi connectivity index (χ3v) is 6.06. The lowest BCUT2D eigenvalue weighted by Crippen LogP contribution is -2.46. The number of hydrogen-bond donors (Lipinski definition) is 0. The van der Waals surface area contributed by atoms with Crippen LogP contribution in [0.25, 0.3) is 0 Å². The molecule has 2 amide bonds. The summed E-state index contributed by atoms with van der Waals surface area (Å²) in [7, 11) is 0. The molecule has 23 heavy (non-hydrogen) atoms. The summed E-state index contributed by atoms with van der Waals surface area (Å²) in [5.41, 5.74) is 1.04. The Labute approximate surface area is 141 Å². The lowest BCUT2D eigenvalue weighted by atomic mass is 9.92. The van der Waals surface area contributed by atoms with E-state index in [1.165, 1.54) is 0 Å². The molecule has 5 nitrogen and oxygen atoms in total. The van der Waals surface area contributed by atoms with Gasteiger partial charge in [-0.2, -0.15) is 0 Å². The molecule has 0 saturated carbocycles.